The summed E-state index contributed by atoms with van der Waals surface area (Å²) in [6.45, 7) is 3.96. The van der Waals surface area contributed by atoms with Crippen LogP contribution in [0.1, 0.15) is 22.3 Å². The Morgan fingerprint density at radius 3 is 2.33 bits per heavy atom. The minimum atomic E-state index is -1.44. The second kappa shape index (κ2) is 7.29. The maximum absolute atomic E-state index is 13.6. The molecule has 0 spiro atoms. The monoisotopic (exact) mass is 406 g/mol. The van der Waals surface area contributed by atoms with E-state index >= 15 is 0 Å². The molecule has 0 aromatic heterocycles. The van der Waals surface area contributed by atoms with Gasteiger partial charge in [0.1, 0.15) is 6.54 Å². The van der Waals surface area contributed by atoms with Crippen molar-refractivity contribution < 1.29 is 19.2 Å². The number of benzene rings is 2. The Morgan fingerprint density at radius 1 is 0.967 bits per heavy atom. The van der Waals surface area contributed by atoms with Crippen molar-refractivity contribution in [3.8, 4) is 0 Å². The lowest BCUT2D eigenvalue weighted by Crippen LogP contribution is -2.47. The number of nitrogens with zero attached hydrogens (tertiary/aromatic N) is 2. The Labute approximate surface area is 173 Å². The molecule has 8 nitrogen and oxygen atoms in total. The summed E-state index contributed by atoms with van der Waals surface area (Å²) in [6, 6.07) is 13.3. The standard InChI is InChI=1S/C22H22N4O4/c1-14-8-9-17(12-15(14)2)22(16-6-4-3-5-7-16)19(28)26(21(30)24-22)13-18(27)25-11-10-23-20(25)29/h3-9,12H,10-11,13H2,1-2H3,(H,23,29)(H,24,30)/t22-/m0/s1. The molecular weight excluding hydrogens is 384 g/mol. The highest BCUT2D eigenvalue weighted by Gasteiger charge is 2.54. The summed E-state index contributed by atoms with van der Waals surface area (Å²) < 4.78 is 0. The molecule has 2 aliphatic heterocycles. The van der Waals surface area contributed by atoms with Gasteiger partial charge in [0, 0.05) is 13.1 Å². The summed E-state index contributed by atoms with van der Waals surface area (Å²) in [5.74, 6) is -1.15. The second-order valence-corrected chi connectivity index (χ2v) is 7.51. The van der Waals surface area contributed by atoms with Crippen molar-refractivity contribution in [1.29, 1.82) is 0 Å². The van der Waals surface area contributed by atoms with E-state index in [-0.39, 0.29) is 6.54 Å². The predicted octanol–water partition coefficient (Wildman–Crippen LogP) is 1.65. The van der Waals surface area contributed by atoms with Gasteiger partial charge in [0.2, 0.25) is 0 Å². The molecule has 30 heavy (non-hydrogen) atoms. The lowest BCUT2D eigenvalue weighted by molar-refractivity contribution is -0.136. The van der Waals surface area contributed by atoms with Crippen LogP contribution in [0, 0.1) is 13.8 Å². The zero-order valence-corrected chi connectivity index (χ0v) is 16.8. The summed E-state index contributed by atoms with van der Waals surface area (Å²) >= 11 is 0. The first kappa shape index (κ1) is 19.6. The van der Waals surface area contributed by atoms with Crippen LogP contribution in [-0.4, -0.2) is 53.3 Å². The van der Waals surface area contributed by atoms with Crippen molar-refractivity contribution in [2.24, 2.45) is 0 Å². The van der Waals surface area contributed by atoms with Gasteiger partial charge in [-0.1, -0.05) is 48.5 Å². The zero-order valence-electron chi connectivity index (χ0n) is 16.8. The van der Waals surface area contributed by atoms with Gasteiger partial charge < -0.3 is 10.6 Å². The van der Waals surface area contributed by atoms with Crippen LogP contribution in [0.15, 0.2) is 48.5 Å². The van der Waals surface area contributed by atoms with E-state index in [4.69, 9.17) is 0 Å². The highest BCUT2D eigenvalue weighted by Crippen LogP contribution is 2.36. The summed E-state index contributed by atoms with van der Waals surface area (Å²) in [7, 11) is 0. The van der Waals surface area contributed by atoms with Gasteiger partial charge >= 0.3 is 12.1 Å². The molecule has 2 aromatic carbocycles. The van der Waals surface area contributed by atoms with Crippen molar-refractivity contribution >= 4 is 23.9 Å². The molecule has 2 N–H and O–H groups in total. The highest BCUT2D eigenvalue weighted by molar-refractivity contribution is 6.12. The van der Waals surface area contributed by atoms with Gasteiger partial charge in [-0.2, -0.15) is 0 Å². The molecule has 2 fully saturated rings. The molecule has 154 valence electrons. The first-order chi connectivity index (χ1) is 14.3. The SMILES string of the molecule is Cc1ccc([C@]2(c3ccccc3)NC(=O)N(CC(=O)N3CCNC3=O)C2=O)cc1C. The van der Waals surface area contributed by atoms with Gasteiger partial charge in [0.05, 0.1) is 0 Å². The predicted molar refractivity (Wildman–Crippen MR) is 108 cm³/mol. The van der Waals surface area contributed by atoms with Gasteiger partial charge in [0.15, 0.2) is 5.54 Å². The largest absolute Gasteiger partial charge is 0.336 e. The fourth-order valence-corrected chi connectivity index (χ4v) is 3.87. The third-order valence-electron chi connectivity index (χ3n) is 5.70. The normalized spacial score (nSPS) is 21.1. The molecule has 0 aliphatic carbocycles. The van der Waals surface area contributed by atoms with E-state index in [1.807, 2.05) is 38.1 Å². The number of hydrogen-bond donors (Lipinski definition) is 2. The smallest absolute Gasteiger partial charge is 0.326 e. The van der Waals surface area contributed by atoms with Gasteiger partial charge in [0.25, 0.3) is 11.8 Å². The third kappa shape index (κ3) is 3.01. The van der Waals surface area contributed by atoms with Gasteiger partial charge in [-0.25, -0.2) is 9.59 Å². The van der Waals surface area contributed by atoms with Crippen molar-refractivity contribution in [3.63, 3.8) is 0 Å². The Bertz CT molecular complexity index is 1050. The topological polar surface area (TPSA) is 98.8 Å². The van der Waals surface area contributed by atoms with Crippen LogP contribution in [0.2, 0.25) is 0 Å². The summed E-state index contributed by atoms with van der Waals surface area (Å²) in [6.07, 6.45) is 0. The molecule has 2 heterocycles. The van der Waals surface area contributed by atoms with E-state index in [1.165, 1.54) is 0 Å². The first-order valence-electron chi connectivity index (χ1n) is 9.70. The van der Waals surface area contributed by atoms with Gasteiger partial charge in [-0.05, 0) is 36.1 Å². The van der Waals surface area contributed by atoms with Crippen LogP contribution < -0.4 is 10.6 Å². The molecule has 0 saturated carbocycles. The molecule has 2 aliphatic rings. The van der Waals surface area contributed by atoms with Crippen LogP contribution >= 0.6 is 0 Å². The number of amides is 6. The van der Waals surface area contributed by atoms with Crippen molar-refractivity contribution in [1.82, 2.24) is 20.4 Å². The number of hydrogen-bond acceptors (Lipinski definition) is 4. The molecule has 0 unspecified atom stereocenters. The molecule has 0 radical (unpaired) electrons. The molecule has 2 aromatic rings. The first-order valence-corrected chi connectivity index (χ1v) is 9.70. The fraction of sp³-hybridized carbons (Fsp3) is 0.273. The van der Waals surface area contributed by atoms with Crippen LogP contribution in [0.5, 0.6) is 0 Å². The van der Waals surface area contributed by atoms with Crippen LogP contribution in [-0.2, 0) is 15.1 Å². The van der Waals surface area contributed by atoms with Gasteiger partial charge in [-0.3, -0.25) is 19.4 Å². The quantitative estimate of drug-likeness (QED) is 0.755. The van der Waals surface area contributed by atoms with E-state index < -0.39 is 36.0 Å². The number of carbonyl (C=O) groups excluding carboxylic acids is 4. The number of imide groups is 2. The molecule has 0 bridgehead atoms. The second-order valence-electron chi connectivity index (χ2n) is 7.51. The van der Waals surface area contributed by atoms with Crippen molar-refractivity contribution in [2.75, 3.05) is 19.6 Å². The van der Waals surface area contributed by atoms with Crippen molar-refractivity contribution in [2.45, 2.75) is 19.4 Å². The van der Waals surface area contributed by atoms with Crippen LogP contribution in [0.3, 0.4) is 0 Å². The zero-order chi connectivity index (χ0) is 21.5. The summed E-state index contributed by atoms with van der Waals surface area (Å²) in [5, 5.41) is 5.36. The number of urea groups is 2. The molecule has 4 rings (SSSR count). The number of nitrogens with one attached hydrogen (secondary N) is 2. The molecule has 1 atom stereocenters. The average molecular weight is 406 g/mol. The summed E-state index contributed by atoms with van der Waals surface area (Å²) in [5.41, 5.74) is 1.81. The average Bonchev–Trinajstić information content (AvgIpc) is 3.27. The molecule has 2 saturated heterocycles. The van der Waals surface area contributed by atoms with E-state index in [2.05, 4.69) is 10.6 Å². The van der Waals surface area contributed by atoms with Crippen molar-refractivity contribution in [3.05, 3.63) is 70.8 Å². The number of rotatable bonds is 4. The maximum atomic E-state index is 13.6. The molecular formula is C22H22N4O4. The van der Waals surface area contributed by atoms with E-state index in [0.29, 0.717) is 17.7 Å². The minimum Gasteiger partial charge on any atom is -0.336 e. The fourth-order valence-electron chi connectivity index (χ4n) is 3.87. The van der Waals surface area contributed by atoms with Gasteiger partial charge in [-0.15, -0.1) is 0 Å². The lowest BCUT2D eigenvalue weighted by atomic mass is 9.81. The Hall–Kier alpha value is -3.68. The minimum absolute atomic E-state index is 0.211. The lowest BCUT2D eigenvalue weighted by Gasteiger charge is -2.28. The highest BCUT2D eigenvalue weighted by atomic mass is 16.2. The van der Waals surface area contributed by atoms with E-state index in [9.17, 15) is 19.2 Å². The van der Waals surface area contributed by atoms with Crippen LogP contribution in [0.25, 0.3) is 0 Å². The van der Waals surface area contributed by atoms with E-state index in [0.717, 1.165) is 20.9 Å². The summed E-state index contributed by atoms with van der Waals surface area (Å²) in [4.78, 5) is 52.7. The van der Waals surface area contributed by atoms with E-state index in [1.54, 1.807) is 24.3 Å². The molecule has 8 heteroatoms. The molecule has 6 amide bonds. The van der Waals surface area contributed by atoms with Crippen LogP contribution in [0.4, 0.5) is 9.59 Å². The Balaban J connectivity index is 1.75. The Kier molecular flexibility index (Phi) is 4.77. The third-order valence-corrected chi connectivity index (χ3v) is 5.70. The number of carbonyl (C=O) groups is 4. The number of aryl methyl sites for hydroxylation is 2. The maximum Gasteiger partial charge on any atom is 0.326 e. The Morgan fingerprint density at radius 2 is 1.70 bits per heavy atom.